The Morgan fingerprint density at radius 3 is 2.73 bits per heavy atom. The van der Waals surface area contributed by atoms with E-state index >= 15 is 0 Å². The molecule has 2 aromatic heterocycles. The minimum atomic E-state index is -0.0798. The van der Waals surface area contributed by atoms with Crippen LogP contribution in [0.4, 0.5) is 0 Å². The van der Waals surface area contributed by atoms with E-state index in [0.717, 1.165) is 72.2 Å². The molecule has 7 nitrogen and oxygen atoms in total. The molecule has 2 aromatic carbocycles. The van der Waals surface area contributed by atoms with Crippen LogP contribution in [0.2, 0.25) is 5.02 Å². The van der Waals surface area contributed by atoms with Crippen LogP contribution < -0.4 is 5.32 Å². The Morgan fingerprint density at radius 1 is 1.12 bits per heavy atom. The zero-order valence-corrected chi connectivity index (χ0v) is 24.3. The highest BCUT2D eigenvalue weighted by atomic mass is 35.5. The molecule has 1 amide bonds. The van der Waals surface area contributed by atoms with Gasteiger partial charge in [0.2, 0.25) is 0 Å². The van der Waals surface area contributed by atoms with Gasteiger partial charge in [-0.25, -0.2) is 9.97 Å². The number of rotatable bonds is 10. The van der Waals surface area contributed by atoms with E-state index in [0.29, 0.717) is 22.9 Å². The molecule has 0 saturated heterocycles. The first-order chi connectivity index (χ1) is 19.9. The number of benzene rings is 2. The number of likely N-dealkylation sites (N-methyl/N-ethyl adjacent to an activating group) is 1. The number of ketones is 1. The Hall–Kier alpha value is -3.81. The first-order valence-electron chi connectivity index (χ1n) is 14.2. The number of carbonyl (C=O) groups is 2. The maximum absolute atomic E-state index is 13.0. The second-order valence-corrected chi connectivity index (χ2v) is 11.5. The van der Waals surface area contributed by atoms with Crippen molar-refractivity contribution in [3.8, 4) is 11.3 Å². The molecule has 0 bridgehead atoms. The predicted octanol–water partition coefficient (Wildman–Crippen LogP) is 6.04. The Kier molecular flexibility index (Phi) is 9.27. The Balaban J connectivity index is 1.17. The van der Waals surface area contributed by atoms with Crippen molar-refractivity contribution in [2.45, 2.75) is 44.6 Å². The van der Waals surface area contributed by atoms with Crippen molar-refractivity contribution in [2.75, 3.05) is 20.6 Å². The lowest BCUT2D eigenvalue weighted by atomic mass is 9.83. The number of amides is 1. The van der Waals surface area contributed by atoms with E-state index in [9.17, 15) is 9.59 Å². The first kappa shape index (κ1) is 28.7. The minimum absolute atomic E-state index is 0.0514. The van der Waals surface area contributed by atoms with E-state index in [1.54, 1.807) is 24.4 Å². The summed E-state index contributed by atoms with van der Waals surface area (Å²) in [5.41, 5.74) is 4.26. The summed E-state index contributed by atoms with van der Waals surface area (Å²) in [5.74, 6) is 1.12. The summed E-state index contributed by atoms with van der Waals surface area (Å²) >= 11 is 6.53. The quantitative estimate of drug-likeness (QED) is 0.227. The number of hydrogen-bond donors (Lipinski definition) is 2. The van der Waals surface area contributed by atoms with Crippen LogP contribution in [-0.4, -0.2) is 58.2 Å². The van der Waals surface area contributed by atoms with Gasteiger partial charge in [-0.05, 0) is 69.1 Å². The molecule has 8 heteroatoms. The van der Waals surface area contributed by atoms with E-state index in [1.807, 2.05) is 61.6 Å². The molecule has 1 aliphatic carbocycles. The Bertz CT molecular complexity index is 1540. The molecule has 2 atom stereocenters. The molecule has 2 heterocycles. The highest BCUT2D eigenvalue weighted by molar-refractivity contribution is 6.33. The molecular weight excluding hydrogens is 534 g/mol. The summed E-state index contributed by atoms with van der Waals surface area (Å²) in [7, 11) is 3.92. The fourth-order valence-corrected chi connectivity index (χ4v) is 5.71. The van der Waals surface area contributed by atoms with Gasteiger partial charge in [0.15, 0.2) is 5.78 Å². The summed E-state index contributed by atoms with van der Waals surface area (Å²) < 4.78 is 0. The Morgan fingerprint density at radius 2 is 1.93 bits per heavy atom. The molecule has 0 spiro atoms. The number of allylic oxidation sites excluding steroid dienone is 1. The molecule has 0 aliphatic heterocycles. The lowest BCUT2D eigenvalue weighted by Crippen LogP contribution is -2.38. The van der Waals surface area contributed by atoms with Gasteiger partial charge in [0.1, 0.15) is 5.82 Å². The SMILES string of the molecule is CN(C)C/C=C/C(=O)Cc1ccc(C(=O)N[C@@H]2CCC[C@@H](Cc3ncc(Cl)c(-c4c[nH]c5ccccc45)n3)C2)cc1. The lowest BCUT2D eigenvalue weighted by Gasteiger charge is -2.29. The third-order valence-corrected chi connectivity index (χ3v) is 7.87. The van der Waals surface area contributed by atoms with Gasteiger partial charge < -0.3 is 15.2 Å². The maximum Gasteiger partial charge on any atom is 0.251 e. The van der Waals surface area contributed by atoms with Crippen molar-refractivity contribution in [3.63, 3.8) is 0 Å². The molecule has 1 saturated carbocycles. The number of para-hydroxylation sites is 1. The van der Waals surface area contributed by atoms with Crippen molar-refractivity contribution in [1.29, 1.82) is 0 Å². The van der Waals surface area contributed by atoms with Gasteiger partial charge in [-0.3, -0.25) is 9.59 Å². The van der Waals surface area contributed by atoms with Crippen molar-refractivity contribution in [1.82, 2.24) is 25.2 Å². The fourth-order valence-electron chi connectivity index (χ4n) is 5.52. The smallest absolute Gasteiger partial charge is 0.251 e. The van der Waals surface area contributed by atoms with E-state index in [1.165, 1.54) is 0 Å². The number of aromatic amines is 1. The highest BCUT2D eigenvalue weighted by Crippen LogP contribution is 2.33. The molecule has 1 aliphatic rings. The summed E-state index contributed by atoms with van der Waals surface area (Å²) in [5, 5.41) is 4.84. The number of H-pyrrole nitrogens is 1. The molecule has 5 rings (SSSR count). The van der Waals surface area contributed by atoms with E-state index in [2.05, 4.69) is 21.4 Å². The van der Waals surface area contributed by atoms with Crippen molar-refractivity contribution in [3.05, 3.63) is 95.1 Å². The fraction of sp³-hybridized carbons (Fsp3) is 0.333. The highest BCUT2D eigenvalue weighted by Gasteiger charge is 2.25. The van der Waals surface area contributed by atoms with E-state index in [-0.39, 0.29) is 17.7 Å². The number of nitrogens with zero attached hydrogens (tertiary/aromatic N) is 3. The number of fused-ring (bicyclic) bond motifs is 1. The van der Waals surface area contributed by atoms with Crippen molar-refractivity contribution in [2.24, 2.45) is 5.92 Å². The normalized spacial score (nSPS) is 17.4. The summed E-state index contributed by atoms with van der Waals surface area (Å²) in [6.07, 6.45) is 12.1. The van der Waals surface area contributed by atoms with Gasteiger partial charge in [-0.1, -0.05) is 54.4 Å². The molecule has 0 unspecified atom stereocenters. The topological polar surface area (TPSA) is 91.0 Å². The van der Waals surface area contributed by atoms with Crippen LogP contribution in [0.25, 0.3) is 22.2 Å². The monoisotopic (exact) mass is 569 g/mol. The van der Waals surface area contributed by atoms with Gasteiger partial charge in [0.05, 0.1) is 10.7 Å². The molecule has 0 radical (unpaired) electrons. The van der Waals surface area contributed by atoms with Crippen LogP contribution >= 0.6 is 11.6 Å². The van der Waals surface area contributed by atoms with Gasteiger partial charge in [-0.2, -0.15) is 0 Å². The lowest BCUT2D eigenvalue weighted by molar-refractivity contribution is -0.114. The predicted molar refractivity (Wildman–Crippen MR) is 164 cm³/mol. The molecule has 212 valence electrons. The van der Waals surface area contributed by atoms with Crippen LogP contribution in [-0.2, 0) is 17.6 Å². The third kappa shape index (κ3) is 7.48. The summed E-state index contributed by atoms with van der Waals surface area (Å²) in [4.78, 5) is 39.9. The average Bonchev–Trinajstić information content (AvgIpc) is 3.38. The summed E-state index contributed by atoms with van der Waals surface area (Å²) in [6.45, 7) is 0.728. The van der Waals surface area contributed by atoms with E-state index < -0.39 is 0 Å². The maximum atomic E-state index is 13.0. The first-order valence-corrected chi connectivity index (χ1v) is 14.6. The zero-order chi connectivity index (χ0) is 28.8. The minimum Gasteiger partial charge on any atom is -0.360 e. The van der Waals surface area contributed by atoms with Gasteiger partial charge in [0, 0.05) is 59.9 Å². The van der Waals surface area contributed by atoms with Gasteiger partial charge >= 0.3 is 0 Å². The van der Waals surface area contributed by atoms with Gasteiger partial charge in [0.25, 0.3) is 5.91 Å². The molecule has 4 aromatic rings. The number of halogens is 1. The summed E-state index contributed by atoms with van der Waals surface area (Å²) in [6, 6.07) is 15.5. The van der Waals surface area contributed by atoms with Crippen LogP contribution in [0.5, 0.6) is 0 Å². The molecule has 1 fully saturated rings. The van der Waals surface area contributed by atoms with E-state index in [4.69, 9.17) is 16.6 Å². The van der Waals surface area contributed by atoms with Crippen LogP contribution in [0.1, 0.15) is 47.4 Å². The molecule has 41 heavy (non-hydrogen) atoms. The Labute approximate surface area is 246 Å². The molecule has 2 N–H and O–H groups in total. The number of hydrogen-bond acceptors (Lipinski definition) is 5. The van der Waals surface area contributed by atoms with Crippen LogP contribution in [0.3, 0.4) is 0 Å². The number of carbonyl (C=O) groups excluding carboxylic acids is 2. The van der Waals surface area contributed by atoms with Crippen molar-refractivity contribution < 1.29 is 9.59 Å². The van der Waals surface area contributed by atoms with Gasteiger partial charge in [-0.15, -0.1) is 0 Å². The number of nitrogens with one attached hydrogen (secondary N) is 2. The number of aromatic nitrogens is 3. The second kappa shape index (κ2) is 13.2. The zero-order valence-electron chi connectivity index (χ0n) is 23.6. The van der Waals surface area contributed by atoms with Crippen LogP contribution in [0, 0.1) is 5.92 Å². The average molecular weight is 570 g/mol. The third-order valence-electron chi connectivity index (χ3n) is 7.60. The largest absolute Gasteiger partial charge is 0.360 e. The molecular formula is C33H36ClN5O2. The van der Waals surface area contributed by atoms with Crippen molar-refractivity contribution >= 4 is 34.2 Å². The van der Waals surface area contributed by atoms with Crippen LogP contribution in [0.15, 0.2) is 73.1 Å². The second-order valence-electron chi connectivity index (χ2n) is 11.1. The standard InChI is InChI=1S/C33H36ClN5O2/c1-39(2)16-6-9-26(40)18-22-12-14-24(15-13-22)33(41)37-25-8-5-7-23(17-25)19-31-36-21-29(34)32(38-31)28-20-35-30-11-4-3-10-27(28)30/h3-4,6,9-15,20-21,23,25,35H,5,7-8,16-19H2,1-2H3,(H,37,41)/b9-6+/t23-,25-/m1/s1.